The average Bonchev–Trinajstić information content (AvgIpc) is 2.49. The molecule has 0 amide bonds. The number of hydrogen-bond donors (Lipinski definition) is 1. The number of halogens is 1. The van der Waals surface area contributed by atoms with Gasteiger partial charge in [-0.3, -0.25) is 0 Å². The fraction of sp³-hybridized carbons (Fsp3) is 0.588. The molecule has 1 aromatic rings. The van der Waals surface area contributed by atoms with Gasteiger partial charge in [-0.25, -0.2) is 4.79 Å². The maximum atomic E-state index is 12.4. The lowest BCUT2D eigenvalue weighted by molar-refractivity contribution is -0.148. The SMILES string of the molecule is COC(=O)C1(Nc2ccc(Br)cc2)CCCC(C(C)C)C1. The van der Waals surface area contributed by atoms with Gasteiger partial charge < -0.3 is 10.1 Å². The van der Waals surface area contributed by atoms with Gasteiger partial charge in [0.15, 0.2) is 0 Å². The lowest BCUT2D eigenvalue weighted by atomic mass is 9.71. The molecule has 0 saturated heterocycles. The summed E-state index contributed by atoms with van der Waals surface area (Å²) in [4.78, 5) is 12.4. The van der Waals surface area contributed by atoms with E-state index in [1.54, 1.807) is 0 Å². The monoisotopic (exact) mass is 353 g/mol. The Morgan fingerprint density at radius 3 is 2.62 bits per heavy atom. The van der Waals surface area contributed by atoms with Crippen molar-refractivity contribution in [3.05, 3.63) is 28.7 Å². The van der Waals surface area contributed by atoms with Crippen LogP contribution in [0.25, 0.3) is 0 Å². The van der Waals surface area contributed by atoms with Gasteiger partial charge >= 0.3 is 5.97 Å². The number of ether oxygens (including phenoxy) is 1. The molecule has 21 heavy (non-hydrogen) atoms. The average molecular weight is 354 g/mol. The van der Waals surface area contributed by atoms with Crippen molar-refractivity contribution in [1.82, 2.24) is 0 Å². The molecule has 0 aliphatic heterocycles. The molecule has 0 bridgehead atoms. The highest BCUT2D eigenvalue weighted by Gasteiger charge is 2.44. The summed E-state index contributed by atoms with van der Waals surface area (Å²) in [5, 5.41) is 3.46. The van der Waals surface area contributed by atoms with Crippen LogP contribution >= 0.6 is 15.9 Å². The number of anilines is 1. The molecule has 1 fully saturated rings. The number of esters is 1. The molecule has 2 atom stereocenters. The van der Waals surface area contributed by atoms with Crippen LogP contribution < -0.4 is 5.32 Å². The van der Waals surface area contributed by atoms with E-state index in [1.807, 2.05) is 24.3 Å². The minimum atomic E-state index is -0.588. The Morgan fingerprint density at radius 2 is 2.05 bits per heavy atom. The first-order chi connectivity index (χ1) is 9.97. The smallest absolute Gasteiger partial charge is 0.331 e. The molecule has 1 N–H and O–H groups in total. The van der Waals surface area contributed by atoms with Crippen molar-refractivity contribution in [3.8, 4) is 0 Å². The lowest BCUT2D eigenvalue weighted by Gasteiger charge is -2.41. The van der Waals surface area contributed by atoms with Crippen molar-refractivity contribution in [3.63, 3.8) is 0 Å². The molecule has 0 heterocycles. The largest absolute Gasteiger partial charge is 0.467 e. The second-order valence-corrected chi connectivity index (χ2v) is 7.22. The van der Waals surface area contributed by atoms with E-state index in [1.165, 1.54) is 13.5 Å². The Balaban J connectivity index is 2.24. The van der Waals surface area contributed by atoms with Gasteiger partial charge in [0.2, 0.25) is 0 Å². The molecule has 2 rings (SSSR count). The molecule has 4 heteroatoms. The normalized spacial score (nSPS) is 25.7. The van der Waals surface area contributed by atoms with Gasteiger partial charge in [-0.1, -0.05) is 36.2 Å². The minimum Gasteiger partial charge on any atom is -0.467 e. The van der Waals surface area contributed by atoms with Crippen molar-refractivity contribution in [2.24, 2.45) is 11.8 Å². The number of carbonyl (C=O) groups excluding carboxylic acids is 1. The standard InChI is InChI=1S/C17H24BrNO2/c1-12(2)13-5-4-10-17(11-13,16(20)21-3)19-15-8-6-14(18)7-9-15/h6-9,12-13,19H,4-5,10-11H2,1-3H3. The molecular weight excluding hydrogens is 330 g/mol. The Bertz CT molecular complexity index is 486. The lowest BCUT2D eigenvalue weighted by Crippen LogP contribution is -2.51. The molecule has 116 valence electrons. The van der Waals surface area contributed by atoms with Crippen LogP contribution in [-0.2, 0) is 9.53 Å². The van der Waals surface area contributed by atoms with Crippen molar-refractivity contribution >= 4 is 27.6 Å². The zero-order valence-corrected chi connectivity index (χ0v) is 14.6. The second-order valence-electron chi connectivity index (χ2n) is 6.31. The first-order valence-electron chi connectivity index (χ1n) is 7.59. The zero-order valence-electron chi connectivity index (χ0n) is 13.0. The van der Waals surface area contributed by atoms with Gasteiger partial charge in [-0.2, -0.15) is 0 Å². The predicted octanol–water partition coefficient (Wildman–Crippen LogP) is 4.62. The van der Waals surface area contributed by atoms with Crippen LogP contribution in [0, 0.1) is 11.8 Å². The fourth-order valence-corrected chi connectivity index (χ4v) is 3.51. The third-order valence-corrected chi connectivity index (χ3v) is 5.06. The number of hydrogen-bond acceptors (Lipinski definition) is 3. The number of methoxy groups -OCH3 is 1. The van der Waals surface area contributed by atoms with Crippen LogP contribution in [0.5, 0.6) is 0 Å². The van der Waals surface area contributed by atoms with Crippen molar-refractivity contribution < 1.29 is 9.53 Å². The zero-order chi connectivity index (χ0) is 15.5. The van der Waals surface area contributed by atoms with E-state index in [-0.39, 0.29) is 5.97 Å². The van der Waals surface area contributed by atoms with Crippen molar-refractivity contribution in [1.29, 1.82) is 0 Å². The summed E-state index contributed by atoms with van der Waals surface area (Å²) in [6.45, 7) is 4.47. The van der Waals surface area contributed by atoms with E-state index >= 15 is 0 Å². The van der Waals surface area contributed by atoms with Crippen molar-refractivity contribution in [2.45, 2.75) is 45.1 Å². The molecule has 3 nitrogen and oxygen atoms in total. The Labute approximate surface area is 135 Å². The van der Waals surface area contributed by atoms with Crippen LogP contribution in [0.4, 0.5) is 5.69 Å². The Kier molecular flexibility index (Phi) is 5.31. The molecule has 0 radical (unpaired) electrons. The minimum absolute atomic E-state index is 0.143. The Hall–Kier alpha value is -1.03. The maximum absolute atomic E-state index is 12.4. The summed E-state index contributed by atoms with van der Waals surface area (Å²) in [5.41, 5.74) is 0.378. The summed E-state index contributed by atoms with van der Waals surface area (Å²) in [7, 11) is 1.48. The molecule has 1 aliphatic rings. The maximum Gasteiger partial charge on any atom is 0.331 e. The number of nitrogens with one attached hydrogen (secondary N) is 1. The summed E-state index contributed by atoms with van der Waals surface area (Å²) in [5.74, 6) is 0.998. The highest BCUT2D eigenvalue weighted by atomic mass is 79.9. The third kappa shape index (κ3) is 3.79. The van der Waals surface area contributed by atoms with Crippen LogP contribution in [0.3, 0.4) is 0 Å². The summed E-state index contributed by atoms with van der Waals surface area (Å²) >= 11 is 3.44. The molecule has 1 aromatic carbocycles. The van der Waals surface area contributed by atoms with Crippen LogP contribution in [0.2, 0.25) is 0 Å². The first kappa shape index (κ1) is 16.3. The van der Waals surface area contributed by atoms with Gasteiger partial charge in [-0.05, 0) is 55.4 Å². The number of benzene rings is 1. The molecule has 1 aliphatic carbocycles. The molecule has 0 spiro atoms. The highest BCUT2D eigenvalue weighted by Crippen LogP contribution is 2.39. The van der Waals surface area contributed by atoms with Crippen LogP contribution in [-0.4, -0.2) is 18.6 Å². The van der Waals surface area contributed by atoms with Gasteiger partial charge in [0.25, 0.3) is 0 Å². The van der Waals surface area contributed by atoms with E-state index in [4.69, 9.17) is 4.74 Å². The molecular formula is C17H24BrNO2. The van der Waals surface area contributed by atoms with E-state index in [2.05, 4.69) is 35.1 Å². The first-order valence-corrected chi connectivity index (χ1v) is 8.38. The number of carbonyl (C=O) groups is 1. The molecule has 1 saturated carbocycles. The summed E-state index contributed by atoms with van der Waals surface area (Å²) < 4.78 is 6.14. The third-order valence-electron chi connectivity index (χ3n) is 4.54. The molecule has 0 aromatic heterocycles. The van der Waals surface area contributed by atoms with E-state index in [0.29, 0.717) is 11.8 Å². The van der Waals surface area contributed by atoms with Crippen LogP contribution in [0.15, 0.2) is 28.7 Å². The summed E-state index contributed by atoms with van der Waals surface area (Å²) in [6, 6.07) is 7.95. The Morgan fingerprint density at radius 1 is 1.38 bits per heavy atom. The highest BCUT2D eigenvalue weighted by molar-refractivity contribution is 9.10. The van der Waals surface area contributed by atoms with Crippen LogP contribution in [0.1, 0.15) is 39.5 Å². The second kappa shape index (κ2) is 6.82. The van der Waals surface area contributed by atoms with Gasteiger partial charge in [0.1, 0.15) is 5.54 Å². The van der Waals surface area contributed by atoms with Gasteiger partial charge in [0.05, 0.1) is 7.11 Å². The number of rotatable bonds is 4. The van der Waals surface area contributed by atoms with Gasteiger partial charge in [-0.15, -0.1) is 0 Å². The predicted molar refractivity (Wildman–Crippen MR) is 89.3 cm³/mol. The van der Waals surface area contributed by atoms with E-state index < -0.39 is 5.54 Å². The summed E-state index contributed by atoms with van der Waals surface area (Å²) in [6.07, 6.45) is 3.92. The quantitative estimate of drug-likeness (QED) is 0.802. The molecule has 2 unspecified atom stereocenters. The van der Waals surface area contributed by atoms with Gasteiger partial charge in [0, 0.05) is 10.2 Å². The fourth-order valence-electron chi connectivity index (χ4n) is 3.24. The van der Waals surface area contributed by atoms with E-state index in [0.717, 1.165) is 29.4 Å². The van der Waals surface area contributed by atoms with Crippen molar-refractivity contribution in [2.75, 3.05) is 12.4 Å². The van der Waals surface area contributed by atoms with E-state index in [9.17, 15) is 4.79 Å². The topological polar surface area (TPSA) is 38.3 Å².